The first kappa shape index (κ1) is 11.0. The minimum atomic E-state index is 0.258. The Kier molecular flexibility index (Phi) is 4.22. The maximum absolute atomic E-state index is 9.45. The standard InChI is InChI=1S/C9H11Br2NO/c1-12-3-2-6-4-7(10)9(13)8(11)5-6/h4-5,12-13H,2-3H2,1H3. The molecular formula is C9H11Br2NO. The van der Waals surface area contributed by atoms with Crippen LogP contribution in [-0.2, 0) is 6.42 Å². The van der Waals surface area contributed by atoms with Crippen LogP contribution in [0.25, 0.3) is 0 Å². The third-order valence-corrected chi connectivity index (χ3v) is 2.95. The van der Waals surface area contributed by atoms with Gasteiger partial charge in [0.1, 0.15) is 5.75 Å². The first-order chi connectivity index (χ1) is 6.15. The molecule has 0 aliphatic heterocycles. The van der Waals surface area contributed by atoms with Gasteiger partial charge in [-0.25, -0.2) is 0 Å². The summed E-state index contributed by atoms with van der Waals surface area (Å²) in [5, 5.41) is 12.5. The molecule has 1 aromatic carbocycles. The van der Waals surface area contributed by atoms with Gasteiger partial charge in [0.25, 0.3) is 0 Å². The van der Waals surface area contributed by atoms with E-state index in [1.165, 1.54) is 5.56 Å². The van der Waals surface area contributed by atoms with Gasteiger partial charge < -0.3 is 10.4 Å². The molecule has 0 bridgehead atoms. The fourth-order valence-electron chi connectivity index (χ4n) is 1.03. The normalized spacial score (nSPS) is 10.4. The molecule has 0 unspecified atom stereocenters. The summed E-state index contributed by atoms with van der Waals surface area (Å²) in [6, 6.07) is 3.86. The van der Waals surface area contributed by atoms with E-state index < -0.39 is 0 Å². The molecule has 0 atom stereocenters. The van der Waals surface area contributed by atoms with E-state index in [4.69, 9.17) is 0 Å². The van der Waals surface area contributed by atoms with Crippen LogP contribution in [0.15, 0.2) is 21.1 Å². The zero-order valence-electron chi connectivity index (χ0n) is 7.27. The van der Waals surface area contributed by atoms with E-state index in [0.29, 0.717) is 0 Å². The lowest BCUT2D eigenvalue weighted by Crippen LogP contribution is -2.10. The molecule has 1 aromatic rings. The molecule has 0 heterocycles. The van der Waals surface area contributed by atoms with Gasteiger partial charge in [-0.2, -0.15) is 0 Å². The van der Waals surface area contributed by atoms with Crippen molar-refractivity contribution in [1.82, 2.24) is 5.32 Å². The number of benzene rings is 1. The molecule has 0 radical (unpaired) electrons. The third kappa shape index (κ3) is 2.97. The Morgan fingerprint density at radius 2 is 1.85 bits per heavy atom. The molecule has 2 nitrogen and oxygen atoms in total. The largest absolute Gasteiger partial charge is 0.506 e. The number of likely N-dealkylation sites (N-methyl/N-ethyl adjacent to an activating group) is 1. The molecule has 0 aliphatic rings. The lowest BCUT2D eigenvalue weighted by atomic mass is 10.1. The number of halogens is 2. The van der Waals surface area contributed by atoms with Crippen molar-refractivity contribution >= 4 is 31.9 Å². The highest BCUT2D eigenvalue weighted by molar-refractivity contribution is 9.11. The smallest absolute Gasteiger partial charge is 0.143 e. The SMILES string of the molecule is CNCCc1cc(Br)c(O)c(Br)c1. The summed E-state index contributed by atoms with van der Waals surface area (Å²) in [5.74, 6) is 0.258. The predicted molar refractivity (Wildman–Crippen MR) is 61.1 cm³/mol. The lowest BCUT2D eigenvalue weighted by Gasteiger charge is -2.05. The molecule has 0 amide bonds. The summed E-state index contributed by atoms with van der Waals surface area (Å²) in [6.45, 7) is 0.934. The molecule has 0 aliphatic carbocycles. The van der Waals surface area contributed by atoms with E-state index in [2.05, 4.69) is 37.2 Å². The van der Waals surface area contributed by atoms with Crippen molar-refractivity contribution in [1.29, 1.82) is 0 Å². The third-order valence-electron chi connectivity index (χ3n) is 1.74. The van der Waals surface area contributed by atoms with Crippen LogP contribution in [0.3, 0.4) is 0 Å². The van der Waals surface area contributed by atoms with E-state index in [1.807, 2.05) is 19.2 Å². The first-order valence-electron chi connectivity index (χ1n) is 3.96. The number of nitrogens with one attached hydrogen (secondary N) is 1. The molecule has 0 spiro atoms. The average Bonchev–Trinajstić information content (AvgIpc) is 2.10. The van der Waals surface area contributed by atoms with E-state index in [1.54, 1.807) is 0 Å². The molecule has 1 rings (SSSR count). The summed E-state index contributed by atoms with van der Waals surface area (Å²) in [7, 11) is 1.92. The topological polar surface area (TPSA) is 32.3 Å². The highest BCUT2D eigenvalue weighted by Crippen LogP contribution is 2.33. The minimum absolute atomic E-state index is 0.258. The maximum Gasteiger partial charge on any atom is 0.143 e. The van der Waals surface area contributed by atoms with Gasteiger partial charge in [0.2, 0.25) is 0 Å². The summed E-state index contributed by atoms with van der Waals surface area (Å²) >= 11 is 6.58. The zero-order chi connectivity index (χ0) is 9.84. The molecule has 4 heteroatoms. The van der Waals surface area contributed by atoms with Crippen LogP contribution >= 0.6 is 31.9 Å². The molecule has 0 saturated carbocycles. The predicted octanol–water partition coefficient (Wildman–Crippen LogP) is 2.68. The molecule has 2 N–H and O–H groups in total. The minimum Gasteiger partial charge on any atom is -0.506 e. The lowest BCUT2D eigenvalue weighted by molar-refractivity contribution is 0.468. The van der Waals surface area contributed by atoms with Crippen LogP contribution in [0.1, 0.15) is 5.56 Å². The van der Waals surface area contributed by atoms with Crippen LogP contribution in [-0.4, -0.2) is 18.7 Å². The van der Waals surface area contributed by atoms with Crippen molar-refractivity contribution < 1.29 is 5.11 Å². The average molecular weight is 309 g/mol. The maximum atomic E-state index is 9.45. The Morgan fingerprint density at radius 3 is 2.31 bits per heavy atom. The molecule has 0 fully saturated rings. The van der Waals surface area contributed by atoms with Gasteiger partial charge in [0.15, 0.2) is 0 Å². The van der Waals surface area contributed by atoms with E-state index in [-0.39, 0.29) is 5.75 Å². The van der Waals surface area contributed by atoms with Crippen LogP contribution in [0.2, 0.25) is 0 Å². The highest BCUT2D eigenvalue weighted by atomic mass is 79.9. The van der Waals surface area contributed by atoms with Crippen molar-refractivity contribution in [3.8, 4) is 5.75 Å². The van der Waals surface area contributed by atoms with Crippen LogP contribution in [0, 0.1) is 0 Å². The van der Waals surface area contributed by atoms with Crippen molar-refractivity contribution in [2.24, 2.45) is 0 Å². The second-order valence-corrected chi connectivity index (χ2v) is 4.47. The Morgan fingerprint density at radius 1 is 1.31 bits per heavy atom. The zero-order valence-corrected chi connectivity index (χ0v) is 10.4. The van der Waals surface area contributed by atoms with Gasteiger partial charge in [-0.3, -0.25) is 0 Å². The number of rotatable bonds is 3. The first-order valence-corrected chi connectivity index (χ1v) is 5.55. The summed E-state index contributed by atoms with van der Waals surface area (Å²) in [6.07, 6.45) is 0.952. The number of aromatic hydroxyl groups is 1. The fraction of sp³-hybridized carbons (Fsp3) is 0.333. The molecular weight excluding hydrogens is 298 g/mol. The Labute approximate surface area is 94.6 Å². The van der Waals surface area contributed by atoms with Gasteiger partial charge >= 0.3 is 0 Å². The highest BCUT2D eigenvalue weighted by Gasteiger charge is 2.04. The Bertz CT molecular complexity index is 279. The number of hydrogen-bond donors (Lipinski definition) is 2. The van der Waals surface area contributed by atoms with E-state index in [9.17, 15) is 5.11 Å². The molecule has 13 heavy (non-hydrogen) atoms. The van der Waals surface area contributed by atoms with Crippen molar-refractivity contribution in [3.05, 3.63) is 26.6 Å². The van der Waals surface area contributed by atoms with Crippen molar-refractivity contribution in [3.63, 3.8) is 0 Å². The second-order valence-electron chi connectivity index (χ2n) is 2.76. The van der Waals surface area contributed by atoms with Crippen LogP contribution < -0.4 is 5.32 Å². The number of phenolic OH excluding ortho intramolecular Hbond substituents is 1. The van der Waals surface area contributed by atoms with E-state index in [0.717, 1.165) is 21.9 Å². The molecule has 0 saturated heterocycles. The van der Waals surface area contributed by atoms with Gasteiger partial charge in [0, 0.05) is 0 Å². The monoisotopic (exact) mass is 307 g/mol. The van der Waals surface area contributed by atoms with Gasteiger partial charge in [-0.15, -0.1) is 0 Å². The molecule has 0 aromatic heterocycles. The van der Waals surface area contributed by atoms with Crippen LogP contribution in [0.4, 0.5) is 0 Å². The van der Waals surface area contributed by atoms with E-state index >= 15 is 0 Å². The van der Waals surface area contributed by atoms with Gasteiger partial charge in [-0.05, 0) is 69.6 Å². The quantitative estimate of drug-likeness (QED) is 0.900. The summed E-state index contributed by atoms with van der Waals surface area (Å²) < 4.78 is 1.46. The number of phenols is 1. The number of hydrogen-bond acceptors (Lipinski definition) is 2. The summed E-state index contributed by atoms with van der Waals surface area (Å²) in [5.41, 5.74) is 1.19. The van der Waals surface area contributed by atoms with Crippen LogP contribution in [0.5, 0.6) is 5.75 Å². The Hall–Kier alpha value is -0.0600. The molecule has 72 valence electrons. The van der Waals surface area contributed by atoms with Gasteiger partial charge in [0.05, 0.1) is 8.95 Å². The van der Waals surface area contributed by atoms with Gasteiger partial charge in [-0.1, -0.05) is 0 Å². The van der Waals surface area contributed by atoms with Crippen molar-refractivity contribution in [2.45, 2.75) is 6.42 Å². The fourth-order valence-corrected chi connectivity index (χ4v) is 2.31. The second kappa shape index (κ2) is 4.98. The Balaban J connectivity index is 2.86. The summed E-state index contributed by atoms with van der Waals surface area (Å²) in [4.78, 5) is 0. The van der Waals surface area contributed by atoms with Crippen molar-refractivity contribution in [2.75, 3.05) is 13.6 Å².